The maximum absolute atomic E-state index is 13.1. The SMILES string of the molecule is Cc1cc(C(=O)NCC2CCCN(S(=O)(=O)c3cc4ccccc4s3)C2)no1. The molecule has 2 aromatic heterocycles. The number of fused-ring (bicyclic) bond motifs is 1. The topological polar surface area (TPSA) is 92.5 Å². The Kier molecular flexibility index (Phi) is 5.22. The molecule has 1 saturated heterocycles. The third-order valence-corrected chi connectivity index (χ3v) is 8.32. The van der Waals surface area contributed by atoms with Crippen molar-refractivity contribution >= 4 is 37.4 Å². The highest BCUT2D eigenvalue weighted by atomic mass is 32.2. The zero-order chi connectivity index (χ0) is 19.7. The lowest BCUT2D eigenvalue weighted by molar-refractivity contribution is 0.0932. The van der Waals surface area contributed by atoms with Crippen molar-refractivity contribution in [2.75, 3.05) is 19.6 Å². The molecule has 0 aliphatic carbocycles. The summed E-state index contributed by atoms with van der Waals surface area (Å²) in [7, 11) is -3.53. The van der Waals surface area contributed by atoms with E-state index in [1.165, 1.54) is 15.6 Å². The smallest absolute Gasteiger partial charge is 0.273 e. The average Bonchev–Trinajstić information content (AvgIpc) is 3.33. The van der Waals surface area contributed by atoms with E-state index in [1.807, 2.05) is 24.3 Å². The molecule has 1 aliphatic heterocycles. The minimum Gasteiger partial charge on any atom is -0.361 e. The van der Waals surface area contributed by atoms with Crippen LogP contribution in [0.5, 0.6) is 0 Å². The summed E-state index contributed by atoms with van der Waals surface area (Å²) in [4.78, 5) is 12.1. The molecule has 1 aromatic carbocycles. The van der Waals surface area contributed by atoms with Gasteiger partial charge >= 0.3 is 0 Å². The van der Waals surface area contributed by atoms with Crippen molar-refractivity contribution in [3.63, 3.8) is 0 Å². The predicted octanol–water partition coefficient (Wildman–Crippen LogP) is 3.03. The van der Waals surface area contributed by atoms with Crippen LogP contribution in [0.1, 0.15) is 29.1 Å². The van der Waals surface area contributed by atoms with Crippen LogP contribution >= 0.6 is 11.3 Å². The van der Waals surface area contributed by atoms with Gasteiger partial charge in [0.2, 0.25) is 0 Å². The highest BCUT2D eigenvalue weighted by molar-refractivity contribution is 7.91. The normalized spacial score (nSPS) is 18.4. The van der Waals surface area contributed by atoms with Crippen molar-refractivity contribution in [2.45, 2.75) is 24.0 Å². The predicted molar refractivity (Wildman–Crippen MR) is 107 cm³/mol. The molecule has 0 radical (unpaired) electrons. The summed E-state index contributed by atoms with van der Waals surface area (Å²) in [6, 6.07) is 11.0. The first-order valence-electron chi connectivity index (χ1n) is 9.14. The number of nitrogens with zero attached hydrogens (tertiary/aromatic N) is 2. The van der Waals surface area contributed by atoms with Gasteiger partial charge in [0.05, 0.1) is 0 Å². The number of aryl methyl sites for hydroxylation is 1. The fourth-order valence-corrected chi connectivity index (χ4v) is 6.53. The largest absolute Gasteiger partial charge is 0.361 e. The molecule has 4 rings (SSSR count). The van der Waals surface area contributed by atoms with Gasteiger partial charge in [-0.25, -0.2) is 8.42 Å². The maximum Gasteiger partial charge on any atom is 0.273 e. The number of rotatable bonds is 5. The van der Waals surface area contributed by atoms with Gasteiger partial charge in [-0.3, -0.25) is 4.79 Å². The Labute approximate surface area is 167 Å². The number of thiophene rings is 1. The Morgan fingerprint density at radius 1 is 1.36 bits per heavy atom. The van der Waals surface area contributed by atoms with Crippen LogP contribution in [0.4, 0.5) is 0 Å². The molecule has 28 heavy (non-hydrogen) atoms. The van der Waals surface area contributed by atoms with Crippen molar-refractivity contribution in [1.82, 2.24) is 14.8 Å². The van der Waals surface area contributed by atoms with E-state index in [1.54, 1.807) is 19.1 Å². The second-order valence-corrected chi connectivity index (χ2v) is 10.3. The zero-order valence-electron chi connectivity index (χ0n) is 15.4. The van der Waals surface area contributed by atoms with Crippen LogP contribution in [0.25, 0.3) is 10.1 Å². The number of sulfonamides is 1. The van der Waals surface area contributed by atoms with Gasteiger partial charge in [-0.1, -0.05) is 23.4 Å². The molecule has 0 spiro atoms. The van der Waals surface area contributed by atoms with Crippen LogP contribution in [0.3, 0.4) is 0 Å². The Bertz CT molecular complexity index is 1070. The molecule has 1 fully saturated rings. The number of hydrogen-bond donors (Lipinski definition) is 1. The van der Waals surface area contributed by atoms with E-state index in [0.29, 0.717) is 29.6 Å². The van der Waals surface area contributed by atoms with E-state index >= 15 is 0 Å². The summed E-state index contributed by atoms with van der Waals surface area (Å²) in [6.45, 7) is 3.03. The molecule has 9 heteroatoms. The second-order valence-electron chi connectivity index (χ2n) is 7.01. The van der Waals surface area contributed by atoms with Crippen molar-refractivity contribution in [2.24, 2.45) is 5.92 Å². The fourth-order valence-electron chi connectivity index (χ4n) is 3.42. The van der Waals surface area contributed by atoms with Crippen LogP contribution in [0.15, 0.2) is 45.1 Å². The van der Waals surface area contributed by atoms with Gasteiger partial charge in [-0.05, 0) is 43.2 Å². The summed E-state index contributed by atoms with van der Waals surface area (Å²) in [5, 5.41) is 7.48. The quantitative estimate of drug-likeness (QED) is 0.686. The van der Waals surface area contributed by atoms with Gasteiger partial charge in [-0.2, -0.15) is 4.31 Å². The molecule has 1 atom stereocenters. The van der Waals surface area contributed by atoms with E-state index in [0.717, 1.165) is 22.9 Å². The standard InChI is InChI=1S/C19H21N3O4S2/c1-13-9-16(21-26-13)19(23)20-11-14-5-4-8-22(12-14)28(24,25)18-10-15-6-2-3-7-17(15)27-18/h2-3,6-7,9-10,14H,4-5,8,11-12H2,1H3,(H,20,23). The fraction of sp³-hybridized carbons (Fsp3) is 0.368. The molecule has 148 valence electrons. The first-order chi connectivity index (χ1) is 13.4. The Morgan fingerprint density at radius 3 is 2.93 bits per heavy atom. The van der Waals surface area contributed by atoms with E-state index in [4.69, 9.17) is 4.52 Å². The van der Waals surface area contributed by atoms with E-state index < -0.39 is 10.0 Å². The molecule has 1 aliphatic rings. The highest BCUT2D eigenvalue weighted by Crippen LogP contribution is 2.32. The van der Waals surface area contributed by atoms with E-state index in [9.17, 15) is 13.2 Å². The van der Waals surface area contributed by atoms with Gasteiger partial charge < -0.3 is 9.84 Å². The number of hydrogen-bond acceptors (Lipinski definition) is 6. The van der Waals surface area contributed by atoms with Gasteiger partial charge in [0.25, 0.3) is 15.9 Å². The lowest BCUT2D eigenvalue weighted by atomic mass is 10.00. The number of piperidine rings is 1. The number of carbonyl (C=O) groups is 1. The van der Waals surface area contributed by atoms with Gasteiger partial charge in [0, 0.05) is 30.4 Å². The highest BCUT2D eigenvalue weighted by Gasteiger charge is 2.31. The summed E-state index contributed by atoms with van der Waals surface area (Å²) in [6.07, 6.45) is 1.64. The average molecular weight is 420 g/mol. The summed E-state index contributed by atoms with van der Waals surface area (Å²) < 4.78 is 34.0. The van der Waals surface area contributed by atoms with Gasteiger partial charge in [-0.15, -0.1) is 11.3 Å². The maximum atomic E-state index is 13.1. The summed E-state index contributed by atoms with van der Waals surface area (Å²) in [5.41, 5.74) is 0.239. The lowest BCUT2D eigenvalue weighted by Crippen LogP contribution is -2.43. The van der Waals surface area contributed by atoms with Crippen LogP contribution in [-0.2, 0) is 10.0 Å². The number of nitrogens with one attached hydrogen (secondary N) is 1. The minimum absolute atomic E-state index is 0.0647. The Morgan fingerprint density at radius 2 is 2.18 bits per heavy atom. The first-order valence-corrected chi connectivity index (χ1v) is 11.4. The number of benzene rings is 1. The van der Waals surface area contributed by atoms with Crippen molar-refractivity contribution < 1.29 is 17.7 Å². The van der Waals surface area contributed by atoms with Crippen LogP contribution < -0.4 is 5.32 Å². The third-order valence-electron chi connectivity index (χ3n) is 4.89. The number of carbonyl (C=O) groups excluding carboxylic acids is 1. The monoisotopic (exact) mass is 419 g/mol. The van der Waals surface area contributed by atoms with Crippen LogP contribution in [0, 0.1) is 12.8 Å². The molecule has 3 aromatic rings. The van der Waals surface area contributed by atoms with Crippen molar-refractivity contribution in [3.05, 3.63) is 47.9 Å². The Balaban J connectivity index is 1.43. The zero-order valence-corrected chi connectivity index (χ0v) is 17.1. The van der Waals surface area contributed by atoms with E-state index in [-0.39, 0.29) is 17.5 Å². The first kappa shape index (κ1) is 19.1. The van der Waals surface area contributed by atoms with Crippen molar-refractivity contribution in [1.29, 1.82) is 0 Å². The summed E-state index contributed by atoms with van der Waals surface area (Å²) in [5.74, 6) is 0.333. The van der Waals surface area contributed by atoms with Crippen LogP contribution in [-0.4, -0.2) is 43.4 Å². The minimum atomic E-state index is -3.53. The van der Waals surface area contributed by atoms with Crippen molar-refractivity contribution in [3.8, 4) is 0 Å². The molecule has 1 amide bonds. The van der Waals surface area contributed by atoms with Gasteiger partial charge in [0.1, 0.15) is 9.97 Å². The summed E-state index contributed by atoms with van der Waals surface area (Å²) >= 11 is 1.30. The molecule has 1 unspecified atom stereocenters. The molecule has 0 bridgehead atoms. The molecular formula is C19H21N3O4S2. The molecule has 0 saturated carbocycles. The Hall–Kier alpha value is -2.23. The van der Waals surface area contributed by atoms with Crippen LogP contribution in [0.2, 0.25) is 0 Å². The lowest BCUT2D eigenvalue weighted by Gasteiger charge is -2.31. The number of aromatic nitrogens is 1. The van der Waals surface area contributed by atoms with E-state index in [2.05, 4.69) is 10.5 Å². The van der Waals surface area contributed by atoms with Gasteiger partial charge in [0.15, 0.2) is 5.69 Å². The molecule has 1 N–H and O–H groups in total. The second kappa shape index (κ2) is 7.65. The number of amides is 1. The molecule has 7 nitrogen and oxygen atoms in total. The molecular weight excluding hydrogens is 398 g/mol. The third kappa shape index (κ3) is 3.82. The molecule has 3 heterocycles.